The van der Waals surface area contributed by atoms with E-state index in [9.17, 15) is 14.9 Å². The highest BCUT2D eigenvalue weighted by molar-refractivity contribution is 6.10. The number of rotatable bonds is 3. The maximum atomic E-state index is 11.2. The Morgan fingerprint density at radius 1 is 0.967 bits per heavy atom. The van der Waals surface area contributed by atoms with E-state index in [4.69, 9.17) is 9.84 Å². The van der Waals surface area contributed by atoms with Gasteiger partial charge in [0, 0.05) is 17.7 Å². The Morgan fingerprint density at radius 3 is 2.57 bits per heavy atom. The Bertz CT molecular complexity index is 1400. The zero-order chi connectivity index (χ0) is 20.8. The summed E-state index contributed by atoms with van der Waals surface area (Å²) in [4.78, 5) is 21.8. The Hall–Kier alpha value is -4.19. The fourth-order valence-corrected chi connectivity index (χ4v) is 4.12. The Morgan fingerprint density at radius 2 is 1.77 bits per heavy atom. The maximum Gasteiger partial charge on any atom is 0.511 e. The Balaban J connectivity index is 1.70. The average molecular weight is 397 g/mol. The third-order valence-electron chi connectivity index (χ3n) is 5.47. The van der Waals surface area contributed by atoms with E-state index in [0.29, 0.717) is 11.1 Å². The number of hydrogen-bond acceptors (Lipinski definition) is 4. The number of nitro groups is 1. The van der Waals surface area contributed by atoms with Gasteiger partial charge >= 0.3 is 6.16 Å². The highest BCUT2D eigenvalue weighted by atomic mass is 16.7. The molecule has 0 unspecified atom stereocenters. The van der Waals surface area contributed by atoms with Crippen molar-refractivity contribution < 1.29 is 19.6 Å². The molecule has 0 bridgehead atoms. The fraction of sp³-hybridized carbons (Fsp3) is 0.0417. The number of benzene rings is 4. The first-order valence-corrected chi connectivity index (χ1v) is 9.36. The van der Waals surface area contributed by atoms with Crippen molar-refractivity contribution in [3.8, 4) is 16.9 Å². The van der Waals surface area contributed by atoms with Crippen LogP contribution in [0.2, 0.25) is 0 Å². The van der Waals surface area contributed by atoms with Crippen LogP contribution in [0.3, 0.4) is 0 Å². The van der Waals surface area contributed by atoms with Crippen molar-refractivity contribution in [2.24, 2.45) is 0 Å². The number of ether oxygens (including phenoxy) is 1. The van der Waals surface area contributed by atoms with Crippen LogP contribution in [0.1, 0.15) is 11.1 Å². The van der Waals surface area contributed by atoms with Crippen LogP contribution in [0.5, 0.6) is 5.75 Å². The van der Waals surface area contributed by atoms with Crippen LogP contribution >= 0.6 is 0 Å². The molecule has 1 aliphatic carbocycles. The molecule has 0 saturated carbocycles. The summed E-state index contributed by atoms with van der Waals surface area (Å²) in [5.41, 5.74) is 3.42. The predicted molar refractivity (Wildman–Crippen MR) is 115 cm³/mol. The lowest BCUT2D eigenvalue weighted by atomic mass is 9.93. The van der Waals surface area contributed by atoms with Crippen LogP contribution in [-0.2, 0) is 6.42 Å². The Labute approximate surface area is 170 Å². The van der Waals surface area contributed by atoms with E-state index < -0.39 is 11.1 Å². The van der Waals surface area contributed by atoms with Crippen LogP contribution in [0.4, 0.5) is 10.5 Å². The van der Waals surface area contributed by atoms with Crippen molar-refractivity contribution >= 4 is 39.5 Å². The number of nitro benzene ring substituents is 1. The molecule has 0 spiro atoms. The topological polar surface area (TPSA) is 89.7 Å². The number of nitrogens with zero attached hydrogens (tertiary/aromatic N) is 1. The van der Waals surface area contributed by atoms with Crippen molar-refractivity contribution in [2.75, 3.05) is 0 Å². The summed E-state index contributed by atoms with van der Waals surface area (Å²) in [5, 5.41) is 24.6. The zero-order valence-electron chi connectivity index (χ0n) is 15.7. The minimum Gasteiger partial charge on any atom is -0.449 e. The quantitative estimate of drug-likeness (QED) is 0.146. The predicted octanol–water partition coefficient (Wildman–Crippen LogP) is 6.19. The number of non-ortho nitro benzene ring substituents is 1. The van der Waals surface area contributed by atoms with E-state index in [-0.39, 0.29) is 11.4 Å². The number of allylic oxidation sites excluding steroid dienone is 1. The summed E-state index contributed by atoms with van der Waals surface area (Å²) < 4.78 is 4.85. The third kappa shape index (κ3) is 2.86. The van der Waals surface area contributed by atoms with E-state index in [1.54, 1.807) is 0 Å². The average Bonchev–Trinajstić information content (AvgIpc) is 3.22. The molecular weight excluding hydrogens is 382 g/mol. The molecule has 0 fully saturated rings. The lowest BCUT2D eigenvalue weighted by Gasteiger charge is -2.12. The molecule has 0 aliphatic heterocycles. The molecule has 0 atom stereocenters. The highest BCUT2D eigenvalue weighted by Gasteiger charge is 2.17. The maximum absolute atomic E-state index is 11.2. The molecule has 30 heavy (non-hydrogen) atoms. The fourth-order valence-electron chi connectivity index (χ4n) is 4.12. The number of fused-ring (bicyclic) bond motifs is 5. The lowest BCUT2D eigenvalue weighted by Crippen LogP contribution is -2.04. The number of carboxylic acid groups (broad SMARTS) is 1. The van der Waals surface area contributed by atoms with Gasteiger partial charge in [-0.2, -0.15) is 0 Å². The summed E-state index contributed by atoms with van der Waals surface area (Å²) in [6.45, 7) is 0. The van der Waals surface area contributed by atoms with Gasteiger partial charge in [-0.25, -0.2) is 4.79 Å². The van der Waals surface area contributed by atoms with E-state index in [0.717, 1.165) is 22.6 Å². The number of hydrogen-bond donors (Lipinski definition) is 1. The van der Waals surface area contributed by atoms with Gasteiger partial charge in [0.1, 0.15) is 5.75 Å². The van der Waals surface area contributed by atoms with Gasteiger partial charge in [0.15, 0.2) is 0 Å². The normalized spacial score (nSPS) is 12.3. The molecule has 6 heteroatoms. The van der Waals surface area contributed by atoms with Gasteiger partial charge in [0.05, 0.1) is 4.92 Å². The summed E-state index contributed by atoms with van der Waals surface area (Å²) in [6.07, 6.45) is 3.73. The molecule has 1 N–H and O–H groups in total. The van der Waals surface area contributed by atoms with Gasteiger partial charge < -0.3 is 9.84 Å². The smallest absolute Gasteiger partial charge is 0.449 e. The van der Waals surface area contributed by atoms with Crippen LogP contribution < -0.4 is 4.74 Å². The van der Waals surface area contributed by atoms with Crippen molar-refractivity contribution in [3.05, 3.63) is 88.0 Å². The molecule has 6 nitrogen and oxygen atoms in total. The first-order valence-electron chi connectivity index (χ1n) is 9.36. The molecule has 146 valence electrons. The molecule has 0 saturated heterocycles. The molecule has 0 radical (unpaired) electrons. The first kappa shape index (κ1) is 17.9. The van der Waals surface area contributed by atoms with Crippen LogP contribution in [0.25, 0.3) is 38.7 Å². The monoisotopic (exact) mass is 397 g/mol. The second-order valence-electron chi connectivity index (χ2n) is 7.14. The van der Waals surface area contributed by atoms with Gasteiger partial charge in [0.25, 0.3) is 5.69 Å². The van der Waals surface area contributed by atoms with E-state index in [1.165, 1.54) is 34.7 Å². The zero-order valence-corrected chi connectivity index (χ0v) is 15.7. The van der Waals surface area contributed by atoms with Crippen molar-refractivity contribution in [1.29, 1.82) is 0 Å². The summed E-state index contributed by atoms with van der Waals surface area (Å²) in [7, 11) is 0. The van der Waals surface area contributed by atoms with Crippen LogP contribution in [0.15, 0.2) is 66.7 Å². The van der Waals surface area contributed by atoms with Gasteiger partial charge in [0.2, 0.25) is 0 Å². The minimum absolute atomic E-state index is 0.0529. The highest BCUT2D eigenvalue weighted by Crippen LogP contribution is 2.38. The molecule has 4 aromatic carbocycles. The van der Waals surface area contributed by atoms with Crippen LogP contribution in [0, 0.1) is 10.1 Å². The van der Waals surface area contributed by atoms with Gasteiger partial charge in [-0.1, -0.05) is 48.6 Å². The molecule has 0 heterocycles. The van der Waals surface area contributed by atoms with E-state index >= 15 is 0 Å². The summed E-state index contributed by atoms with van der Waals surface area (Å²) in [5.74, 6) is 0.0529. The van der Waals surface area contributed by atoms with Crippen molar-refractivity contribution in [3.63, 3.8) is 0 Å². The molecule has 1 aliphatic rings. The number of carbonyl (C=O) groups is 1. The molecular formula is C24H15NO5. The second kappa shape index (κ2) is 6.70. The summed E-state index contributed by atoms with van der Waals surface area (Å²) in [6, 6.07) is 17.9. The standard InChI is InChI=1S/C24H15NO5/c26-24(27)30-23-11-7-17(25(28)29)13-22(23)16-5-8-19-15(12-16)6-10-20-18-3-1-2-14(18)4-9-21(19)20/h1-2,4-13H,3H2,(H,26,27). The van der Waals surface area contributed by atoms with Crippen LogP contribution in [-0.4, -0.2) is 16.2 Å². The molecule has 4 aromatic rings. The van der Waals surface area contributed by atoms with Crippen molar-refractivity contribution in [1.82, 2.24) is 0 Å². The second-order valence-corrected chi connectivity index (χ2v) is 7.14. The molecule has 0 aromatic heterocycles. The van der Waals surface area contributed by atoms with Gasteiger partial charge in [-0.15, -0.1) is 0 Å². The third-order valence-corrected chi connectivity index (χ3v) is 5.47. The molecule has 5 rings (SSSR count). The van der Waals surface area contributed by atoms with E-state index in [2.05, 4.69) is 30.4 Å². The summed E-state index contributed by atoms with van der Waals surface area (Å²) >= 11 is 0. The molecule has 0 amide bonds. The van der Waals surface area contributed by atoms with Crippen molar-refractivity contribution in [2.45, 2.75) is 6.42 Å². The van der Waals surface area contributed by atoms with Gasteiger partial charge in [-0.3, -0.25) is 10.1 Å². The lowest BCUT2D eigenvalue weighted by molar-refractivity contribution is -0.384. The van der Waals surface area contributed by atoms with Gasteiger partial charge in [-0.05, 0) is 56.8 Å². The Kier molecular flexibility index (Phi) is 3.99. The first-order chi connectivity index (χ1) is 14.5. The minimum atomic E-state index is -1.47. The largest absolute Gasteiger partial charge is 0.511 e. The van der Waals surface area contributed by atoms with E-state index in [1.807, 2.05) is 24.3 Å². The SMILES string of the molecule is O=C(O)Oc1ccc([N+](=O)[O-])cc1-c1ccc2c(ccc3c4c(ccc32)C=CC4)c1.